The first-order valence-electron chi connectivity index (χ1n) is 4.15. The number of halogens is 3. The number of rotatable bonds is 4. The molecule has 0 spiro atoms. The molecule has 0 saturated heterocycles. The molecule has 0 aliphatic heterocycles. The summed E-state index contributed by atoms with van der Waals surface area (Å²) in [4.78, 5) is 10.8. The van der Waals surface area contributed by atoms with Gasteiger partial charge in [0.1, 0.15) is 23.7 Å². The maximum atomic E-state index is 12.9. The Kier molecular flexibility index (Phi) is 4.58. The second-order valence-electron chi connectivity index (χ2n) is 2.79. The lowest BCUT2D eigenvalue weighted by atomic mass is 10.2. The van der Waals surface area contributed by atoms with Crippen molar-refractivity contribution in [1.29, 1.82) is 0 Å². The lowest BCUT2D eigenvalue weighted by Crippen LogP contribution is -2.05. The van der Waals surface area contributed by atoms with Gasteiger partial charge in [-0.05, 0) is 12.1 Å². The average Bonchev–Trinajstić information content (AvgIpc) is 2.25. The van der Waals surface area contributed by atoms with Gasteiger partial charge in [0.15, 0.2) is 0 Å². The lowest BCUT2D eigenvalue weighted by molar-refractivity contribution is 0.0692. The van der Waals surface area contributed by atoms with E-state index in [-0.39, 0.29) is 23.0 Å². The van der Waals surface area contributed by atoms with Crippen LogP contribution in [0.5, 0.6) is 5.75 Å². The van der Waals surface area contributed by atoms with E-state index < -0.39 is 11.8 Å². The number of carbonyl (C=O) groups is 1. The van der Waals surface area contributed by atoms with Gasteiger partial charge in [-0.25, -0.2) is 9.18 Å². The van der Waals surface area contributed by atoms with Gasteiger partial charge in [-0.2, -0.15) is 0 Å². The number of ether oxygens (including phenoxy) is 1. The predicted molar refractivity (Wildman–Crippen MR) is 58.6 cm³/mol. The van der Waals surface area contributed by atoms with Gasteiger partial charge in [-0.3, -0.25) is 0 Å². The van der Waals surface area contributed by atoms with Gasteiger partial charge >= 0.3 is 5.97 Å². The molecule has 0 aliphatic rings. The predicted octanol–water partition coefficient (Wildman–Crippen LogP) is 3.22. The van der Waals surface area contributed by atoms with E-state index in [1.165, 1.54) is 0 Å². The smallest absolute Gasteiger partial charge is 0.339 e. The standard InChI is InChI=1S/C10H7Cl2FO3/c11-4-6(12)5-16-9-3-7(13)1-2-8(9)10(14)15/h1-4H,5H2,(H,14,15)/b6-4-. The van der Waals surface area contributed by atoms with Crippen LogP contribution < -0.4 is 4.74 Å². The van der Waals surface area contributed by atoms with Gasteiger partial charge in [0, 0.05) is 11.6 Å². The van der Waals surface area contributed by atoms with Crippen molar-refractivity contribution in [3.05, 3.63) is 40.1 Å². The zero-order valence-electron chi connectivity index (χ0n) is 7.91. The van der Waals surface area contributed by atoms with Crippen LogP contribution in [0.1, 0.15) is 10.4 Å². The van der Waals surface area contributed by atoms with Crippen molar-refractivity contribution in [2.75, 3.05) is 6.61 Å². The number of hydrogen-bond donors (Lipinski definition) is 1. The van der Waals surface area contributed by atoms with Gasteiger partial charge in [0.25, 0.3) is 0 Å². The highest BCUT2D eigenvalue weighted by atomic mass is 35.5. The maximum Gasteiger partial charge on any atom is 0.339 e. The molecule has 0 heterocycles. The van der Waals surface area contributed by atoms with E-state index in [2.05, 4.69) is 0 Å². The molecule has 16 heavy (non-hydrogen) atoms. The molecule has 1 N–H and O–H groups in total. The van der Waals surface area contributed by atoms with Gasteiger partial charge in [0.05, 0.1) is 5.03 Å². The molecule has 0 fully saturated rings. The van der Waals surface area contributed by atoms with Crippen LogP contribution in [-0.2, 0) is 0 Å². The minimum atomic E-state index is -1.21. The molecule has 1 aromatic rings. The molecule has 0 radical (unpaired) electrons. The average molecular weight is 265 g/mol. The Balaban J connectivity index is 2.92. The molecular weight excluding hydrogens is 258 g/mol. The van der Waals surface area contributed by atoms with E-state index >= 15 is 0 Å². The summed E-state index contributed by atoms with van der Waals surface area (Å²) in [5.41, 5.74) is 0.946. The lowest BCUT2D eigenvalue weighted by Gasteiger charge is -2.08. The van der Waals surface area contributed by atoms with Gasteiger partial charge < -0.3 is 9.84 Å². The summed E-state index contributed by atoms with van der Waals surface area (Å²) in [5.74, 6) is -1.89. The molecule has 0 aromatic heterocycles. The second kappa shape index (κ2) is 5.72. The van der Waals surface area contributed by atoms with Crippen molar-refractivity contribution in [2.45, 2.75) is 0 Å². The van der Waals surface area contributed by atoms with Gasteiger partial charge in [-0.15, -0.1) is 0 Å². The van der Waals surface area contributed by atoms with Crippen molar-refractivity contribution in [3.63, 3.8) is 0 Å². The molecule has 1 aromatic carbocycles. The van der Waals surface area contributed by atoms with Crippen molar-refractivity contribution >= 4 is 29.2 Å². The zero-order chi connectivity index (χ0) is 12.1. The molecule has 0 aliphatic carbocycles. The first-order valence-corrected chi connectivity index (χ1v) is 4.96. The third-order valence-electron chi connectivity index (χ3n) is 1.66. The summed E-state index contributed by atoms with van der Waals surface area (Å²) >= 11 is 10.8. The highest BCUT2D eigenvalue weighted by Gasteiger charge is 2.12. The molecule has 6 heteroatoms. The van der Waals surface area contributed by atoms with Crippen molar-refractivity contribution in [2.24, 2.45) is 0 Å². The van der Waals surface area contributed by atoms with Crippen LogP contribution >= 0.6 is 23.2 Å². The maximum absolute atomic E-state index is 12.9. The van der Waals surface area contributed by atoms with Crippen molar-refractivity contribution in [1.82, 2.24) is 0 Å². The summed E-state index contributed by atoms with van der Waals surface area (Å²) in [5, 5.41) is 8.99. The molecule has 0 saturated carbocycles. The molecule has 0 unspecified atom stereocenters. The van der Waals surface area contributed by atoms with E-state index in [9.17, 15) is 9.18 Å². The zero-order valence-corrected chi connectivity index (χ0v) is 9.43. The molecule has 0 amide bonds. The largest absolute Gasteiger partial charge is 0.487 e. The summed E-state index contributed by atoms with van der Waals surface area (Å²) < 4.78 is 17.9. The minimum absolute atomic E-state index is 0.0934. The van der Waals surface area contributed by atoms with Crippen LogP contribution in [0.15, 0.2) is 28.8 Å². The van der Waals surface area contributed by atoms with E-state index in [1.807, 2.05) is 0 Å². The molecule has 0 bridgehead atoms. The molecular formula is C10H7Cl2FO3. The SMILES string of the molecule is O=C(O)c1ccc(F)cc1OC/C(Cl)=C/Cl. The Morgan fingerprint density at radius 2 is 2.25 bits per heavy atom. The van der Waals surface area contributed by atoms with E-state index in [0.717, 1.165) is 23.7 Å². The molecule has 1 rings (SSSR count). The molecule has 0 atom stereocenters. The Bertz CT molecular complexity index is 432. The quantitative estimate of drug-likeness (QED) is 0.909. The molecule has 3 nitrogen and oxygen atoms in total. The number of hydrogen-bond acceptors (Lipinski definition) is 2. The fraction of sp³-hybridized carbons (Fsp3) is 0.100. The van der Waals surface area contributed by atoms with Crippen LogP contribution in [0, 0.1) is 5.82 Å². The van der Waals surface area contributed by atoms with Gasteiger partial charge in [0.2, 0.25) is 0 Å². The van der Waals surface area contributed by atoms with Gasteiger partial charge in [-0.1, -0.05) is 23.2 Å². The highest BCUT2D eigenvalue weighted by Crippen LogP contribution is 2.21. The third kappa shape index (κ3) is 3.40. The Hall–Kier alpha value is -1.26. The topological polar surface area (TPSA) is 46.5 Å². The van der Waals surface area contributed by atoms with Crippen molar-refractivity contribution in [3.8, 4) is 5.75 Å². The third-order valence-corrected chi connectivity index (χ3v) is 2.25. The minimum Gasteiger partial charge on any atom is -0.487 e. The molecule has 86 valence electrons. The monoisotopic (exact) mass is 264 g/mol. The Labute approximate surface area is 101 Å². The fourth-order valence-corrected chi connectivity index (χ4v) is 1.09. The first-order chi connectivity index (χ1) is 7.54. The Morgan fingerprint density at radius 3 is 2.81 bits per heavy atom. The highest BCUT2D eigenvalue weighted by molar-refractivity contribution is 6.36. The van der Waals surface area contributed by atoms with E-state index in [0.29, 0.717) is 0 Å². The summed E-state index contributed by atoms with van der Waals surface area (Å²) in [6.45, 7) is -0.116. The van der Waals surface area contributed by atoms with Crippen LogP contribution in [0.3, 0.4) is 0 Å². The number of carboxylic acids is 1. The number of carboxylic acid groups (broad SMARTS) is 1. The van der Waals surface area contributed by atoms with Crippen LogP contribution in [0.4, 0.5) is 4.39 Å². The van der Waals surface area contributed by atoms with E-state index in [1.54, 1.807) is 0 Å². The van der Waals surface area contributed by atoms with Crippen LogP contribution in [0.2, 0.25) is 0 Å². The normalized spacial score (nSPS) is 11.3. The summed E-state index contributed by atoms with van der Waals surface area (Å²) in [6, 6.07) is 3.13. The number of benzene rings is 1. The number of aromatic carboxylic acids is 1. The summed E-state index contributed by atoms with van der Waals surface area (Å²) in [7, 11) is 0. The van der Waals surface area contributed by atoms with Crippen LogP contribution in [0.25, 0.3) is 0 Å². The second-order valence-corrected chi connectivity index (χ2v) is 3.49. The fourth-order valence-electron chi connectivity index (χ4n) is 0.970. The first kappa shape index (κ1) is 12.8. The Morgan fingerprint density at radius 1 is 1.56 bits per heavy atom. The summed E-state index contributed by atoms with van der Waals surface area (Å²) in [6.07, 6.45) is 0. The van der Waals surface area contributed by atoms with E-state index in [4.69, 9.17) is 33.0 Å². The van der Waals surface area contributed by atoms with Crippen molar-refractivity contribution < 1.29 is 19.0 Å². The van der Waals surface area contributed by atoms with Crippen LogP contribution in [-0.4, -0.2) is 17.7 Å².